The predicted octanol–water partition coefficient (Wildman–Crippen LogP) is 2.79. The normalized spacial score (nSPS) is 10.9. The number of fused-ring (bicyclic) bond motifs is 1. The van der Waals surface area contributed by atoms with Crippen molar-refractivity contribution in [3.63, 3.8) is 0 Å². The molecule has 5 nitrogen and oxygen atoms in total. The molecule has 2 aromatic carbocycles. The molecule has 0 saturated carbocycles. The molecule has 23 heavy (non-hydrogen) atoms. The maximum absolute atomic E-state index is 13.6. The molecule has 0 aliphatic carbocycles. The summed E-state index contributed by atoms with van der Waals surface area (Å²) in [5.41, 5.74) is 11.5. The molecule has 0 radical (unpaired) electrons. The van der Waals surface area contributed by atoms with Gasteiger partial charge in [-0.3, -0.25) is 0 Å². The third kappa shape index (κ3) is 2.83. The number of halogens is 3. The summed E-state index contributed by atoms with van der Waals surface area (Å²) in [6.07, 6.45) is 0. The topological polar surface area (TPSA) is 87.0 Å². The number of aromatic nitrogens is 2. The Kier molecular flexibility index (Phi) is 3.65. The van der Waals surface area contributed by atoms with Crippen molar-refractivity contribution < 1.29 is 17.9 Å². The van der Waals surface area contributed by atoms with Gasteiger partial charge in [0.05, 0.1) is 10.9 Å². The molecule has 0 aliphatic heterocycles. The van der Waals surface area contributed by atoms with Crippen LogP contribution in [0.3, 0.4) is 0 Å². The predicted molar refractivity (Wildman–Crippen MR) is 79.0 cm³/mol. The zero-order valence-electron chi connectivity index (χ0n) is 11.7. The van der Waals surface area contributed by atoms with Crippen LogP contribution in [-0.4, -0.2) is 9.97 Å². The highest BCUT2D eigenvalue weighted by atomic mass is 19.2. The van der Waals surface area contributed by atoms with E-state index in [-0.39, 0.29) is 29.7 Å². The van der Waals surface area contributed by atoms with Crippen molar-refractivity contribution >= 4 is 22.7 Å². The van der Waals surface area contributed by atoms with Gasteiger partial charge in [0.15, 0.2) is 11.6 Å². The lowest BCUT2D eigenvalue weighted by Gasteiger charge is -2.11. The van der Waals surface area contributed by atoms with E-state index in [0.717, 1.165) is 6.07 Å². The number of hydrogen-bond acceptors (Lipinski definition) is 5. The van der Waals surface area contributed by atoms with Crippen molar-refractivity contribution in [3.05, 3.63) is 53.3 Å². The Bertz CT molecular complexity index is 902. The Morgan fingerprint density at radius 3 is 2.61 bits per heavy atom. The fourth-order valence-corrected chi connectivity index (χ4v) is 2.19. The van der Waals surface area contributed by atoms with Crippen molar-refractivity contribution in [2.75, 3.05) is 11.5 Å². The summed E-state index contributed by atoms with van der Waals surface area (Å²) < 4.78 is 45.5. The molecule has 4 N–H and O–H groups in total. The SMILES string of the molecule is Nc1nc(N)c2c(OCc3cc(F)cc(F)c3F)cccc2n1. The molecule has 8 heteroatoms. The highest BCUT2D eigenvalue weighted by Gasteiger charge is 2.14. The quantitative estimate of drug-likeness (QED) is 0.725. The molecule has 118 valence electrons. The molecule has 0 saturated heterocycles. The molecular formula is C15H11F3N4O. The lowest BCUT2D eigenvalue weighted by Crippen LogP contribution is -2.05. The zero-order valence-corrected chi connectivity index (χ0v) is 11.7. The van der Waals surface area contributed by atoms with E-state index in [9.17, 15) is 13.2 Å². The van der Waals surface area contributed by atoms with Crippen LogP contribution >= 0.6 is 0 Å². The lowest BCUT2D eigenvalue weighted by molar-refractivity contribution is 0.299. The van der Waals surface area contributed by atoms with Crippen molar-refractivity contribution in [2.24, 2.45) is 0 Å². The summed E-state index contributed by atoms with van der Waals surface area (Å²) in [6.45, 7) is -0.385. The van der Waals surface area contributed by atoms with E-state index in [2.05, 4.69) is 9.97 Å². The summed E-state index contributed by atoms with van der Waals surface area (Å²) in [5, 5.41) is 0.388. The molecule has 0 bridgehead atoms. The van der Waals surface area contributed by atoms with Gasteiger partial charge in [-0.15, -0.1) is 0 Å². The molecular weight excluding hydrogens is 309 g/mol. The van der Waals surface area contributed by atoms with Gasteiger partial charge in [-0.1, -0.05) is 6.07 Å². The number of nitrogens with zero attached hydrogens (tertiary/aromatic N) is 2. The van der Waals surface area contributed by atoms with E-state index < -0.39 is 17.5 Å². The summed E-state index contributed by atoms with van der Waals surface area (Å²) >= 11 is 0. The highest BCUT2D eigenvalue weighted by Crippen LogP contribution is 2.30. The van der Waals surface area contributed by atoms with Gasteiger partial charge in [-0.05, 0) is 18.2 Å². The summed E-state index contributed by atoms with van der Waals surface area (Å²) in [6, 6.07) is 6.17. The Hall–Kier alpha value is -3.03. The van der Waals surface area contributed by atoms with Gasteiger partial charge in [0.2, 0.25) is 5.95 Å². The zero-order chi connectivity index (χ0) is 16.6. The van der Waals surface area contributed by atoms with Crippen LogP contribution in [0.2, 0.25) is 0 Å². The third-order valence-electron chi connectivity index (χ3n) is 3.18. The number of benzene rings is 2. The van der Waals surface area contributed by atoms with E-state index in [0.29, 0.717) is 17.0 Å². The average Bonchev–Trinajstić information content (AvgIpc) is 2.48. The number of nitrogens with two attached hydrogens (primary N) is 2. The minimum absolute atomic E-state index is 0.00500. The molecule has 3 aromatic rings. The molecule has 0 atom stereocenters. The monoisotopic (exact) mass is 320 g/mol. The van der Waals surface area contributed by atoms with Gasteiger partial charge in [-0.2, -0.15) is 4.98 Å². The summed E-state index contributed by atoms with van der Waals surface area (Å²) in [4.78, 5) is 7.84. The van der Waals surface area contributed by atoms with Crippen molar-refractivity contribution in [1.82, 2.24) is 9.97 Å². The molecule has 0 aliphatic rings. The van der Waals surface area contributed by atoms with Crippen LogP contribution in [0.4, 0.5) is 24.9 Å². The third-order valence-corrected chi connectivity index (χ3v) is 3.18. The highest BCUT2D eigenvalue weighted by molar-refractivity contribution is 5.94. The second kappa shape index (κ2) is 5.64. The van der Waals surface area contributed by atoms with E-state index in [1.165, 1.54) is 0 Å². The summed E-state index contributed by atoms with van der Waals surface area (Å²) in [5.74, 6) is -2.99. The maximum Gasteiger partial charge on any atom is 0.222 e. The van der Waals surface area contributed by atoms with Gasteiger partial charge in [0, 0.05) is 11.6 Å². The Morgan fingerprint density at radius 2 is 1.83 bits per heavy atom. The van der Waals surface area contributed by atoms with Crippen LogP contribution in [0, 0.1) is 17.5 Å². The van der Waals surface area contributed by atoms with E-state index in [1.54, 1.807) is 18.2 Å². The Balaban J connectivity index is 1.97. The van der Waals surface area contributed by atoms with Crippen molar-refractivity contribution in [1.29, 1.82) is 0 Å². The first-order chi connectivity index (χ1) is 11.0. The number of rotatable bonds is 3. The molecule has 1 aromatic heterocycles. The van der Waals surface area contributed by atoms with Crippen molar-refractivity contribution in [3.8, 4) is 5.75 Å². The van der Waals surface area contributed by atoms with E-state index in [4.69, 9.17) is 16.2 Å². The molecule has 1 heterocycles. The molecule has 0 spiro atoms. The first-order valence-corrected chi connectivity index (χ1v) is 6.53. The molecule has 3 rings (SSSR count). The largest absolute Gasteiger partial charge is 0.488 e. The van der Waals surface area contributed by atoms with Crippen molar-refractivity contribution in [2.45, 2.75) is 6.61 Å². The standard InChI is InChI=1S/C15H11F3N4O/c16-8-4-7(13(18)9(17)5-8)6-23-11-3-1-2-10-12(11)14(19)22-15(20)21-10/h1-5H,6H2,(H4,19,20,21,22). The van der Waals surface area contributed by atoms with Crippen LogP contribution in [0.5, 0.6) is 5.75 Å². The Labute approximate surface area is 128 Å². The van der Waals surface area contributed by atoms with E-state index in [1.807, 2.05) is 0 Å². The number of nitrogen functional groups attached to an aromatic ring is 2. The minimum Gasteiger partial charge on any atom is -0.488 e. The van der Waals surface area contributed by atoms with Crippen LogP contribution < -0.4 is 16.2 Å². The number of anilines is 2. The Morgan fingerprint density at radius 1 is 1.04 bits per heavy atom. The summed E-state index contributed by atoms with van der Waals surface area (Å²) in [7, 11) is 0. The molecule has 0 fully saturated rings. The van der Waals surface area contributed by atoms with Crippen LogP contribution in [0.1, 0.15) is 5.56 Å². The first-order valence-electron chi connectivity index (χ1n) is 6.53. The minimum atomic E-state index is -1.28. The number of hydrogen-bond donors (Lipinski definition) is 2. The molecule has 0 amide bonds. The lowest BCUT2D eigenvalue weighted by atomic mass is 10.2. The second-order valence-corrected chi connectivity index (χ2v) is 4.77. The van der Waals surface area contributed by atoms with Crippen LogP contribution in [-0.2, 0) is 6.61 Å². The van der Waals surface area contributed by atoms with Crippen LogP contribution in [0.25, 0.3) is 10.9 Å². The first kappa shape index (κ1) is 14.9. The van der Waals surface area contributed by atoms with Gasteiger partial charge in [-0.25, -0.2) is 18.2 Å². The second-order valence-electron chi connectivity index (χ2n) is 4.77. The average molecular weight is 320 g/mol. The number of ether oxygens (including phenoxy) is 1. The van der Waals surface area contributed by atoms with Gasteiger partial charge in [0.25, 0.3) is 0 Å². The van der Waals surface area contributed by atoms with Gasteiger partial charge >= 0.3 is 0 Å². The maximum atomic E-state index is 13.6. The smallest absolute Gasteiger partial charge is 0.222 e. The van der Waals surface area contributed by atoms with Gasteiger partial charge in [0.1, 0.15) is 24.0 Å². The fourth-order valence-electron chi connectivity index (χ4n) is 2.19. The van der Waals surface area contributed by atoms with Gasteiger partial charge < -0.3 is 16.2 Å². The fraction of sp³-hybridized carbons (Fsp3) is 0.0667. The van der Waals surface area contributed by atoms with E-state index >= 15 is 0 Å². The molecule has 0 unspecified atom stereocenters. The van der Waals surface area contributed by atoms with Crippen LogP contribution in [0.15, 0.2) is 30.3 Å².